The SMILES string of the molecule is CCCCC(CC)n1cccc1. The summed E-state index contributed by atoms with van der Waals surface area (Å²) in [5.74, 6) is 0. The van der Waals surface area contributed by atoms with E-state index in [0.717, 1.165) is 6.04 Å². The maximum Gasteiger partial charge on any atom is 0.0328 e. The average Bonchev–Trinajstić information content (AvgIpc) is 2.59. The summed E-state index contributed by atoms with van der Waals surface area (Å²) in [7, 11) is 0. The van der Waals surface area contributed by atoms with Crippen molar-refractivity contribution in [2.24, 2.45) is 0 Å². The Bertz CT molecular complexity index is 189. The lowest BCUT2D eigenvalue weighted by Gasteiger charge is -2.16. The fourth-order valence-electron chi connectivity index (χ4n) is 1.60. The third-order valence-corrected chi connectivity index (χ3v) is 2.41. The molecule has 0 saturated heterocycles. The van der Waals surface area contributed by atoms with Crippen molar-refractivity contribution in [2.75, 3.05) is 0 Å². The zero-order valence-electron chi connectivity index (χ0n) is 8.16. The highest BCUT2D eigenvalue weighted by molar-refractivity contribution is 4.92. The molecule has 1 aromatic heterocycles. The van der Waals surface area contributed by atoms with Crippen molar-refractivity contribution in [3.8, 4) is 0 Å². The predicted molar refractivity (Wildman–Crippen MR) is 53.3 cm³/mol. The van der Waals surface area contributed by atoms with Crippen LogP contribution in [0.4, 0.5) is 0 Å². The smallest absolute Gasteiger partial charge is 0.0328 e. The average molecular weight is 165 g/mol. The molecular weight excluding hydrogens is 146 g/mol. The summed E-state index contributed by atoms with van der Waals surface area (Å²) in [5.41, 5.74) is 0. The van der Waals surface area contributed by atoms with Gasteiger partial charge < -0.3 is 4.57 Å². The summed E-state index contributed by atoms with van der Waals surface area (Å²) >= 11 is 0. The van der Waals surface area contributed by atoms with Crippen molar-refractivity contribution in [2.45, 2.75) is 45.6 Å². The first-order valence-corrected chi connectivity index (χ1v) is 5.01. The van der Waals surface area contributed by atoms with E-state index in [-0.39, 0.29) is 0 Å². The van der Waals surface area contributed by atoms with Crippen LogP contribution in [0.15, 0.2) is 24.5 Å². The van der Waals surface area contributed by atoms with Crippen molar-refractivity contribution < 1.29 is 0 Å². The molecule has 0 saturated carbocycles. The lowest BCUT2D eigenvalue weighted by Crippen LogP contribution is -2.05. The molecule has 0 aliphatic carbocycles. The molecule has 0 fully saturated rings. The molecule has 0 N–H and O–H groups in total. The van der Waals surface area contributed by atoms with Gasteiger partial charge in [-0.15, -0.1) is 0 Å². The monoisotopic (exact) mass is 165 g/mol. The van der Waals surface area contributed by atoms with Gasteiger partial charge in [0.05, 0.1) is 0 Å². The van der Waals surface area contributed by atoms with Gasteiger partial charge in [-0.3, -0.25) is 0 Å². The second-order valence-electron chi connectivity index (χ2n) is 3.33. The van der Waals surface area contributed by atoms with Gasteiger partial charge in [-0.25, -0.2) is 0 Å². The second-order valence-corrected chi connectivity index (χ2v) is 3.33. The summed E-state index contributed by atoms with van der Waals surface area (Å²) in [6, 6.07) is 4.93. The first-order valence-electron chi connectivity index (χ1n) is 5.01. The number of nitrogens with zero attached hydrogens (tertiary/aromatic N) is 1. The Morgan fingerprint density at radius 3 is 2.33 bits per heavy atom. The molecule has 12 heavy (non-hydrogen) atoms. The lowest BCUT2D eigenvalue weighted by atomic mass is 10.1. The van der Waals surface area contributed by atoms with Crippen LogP contribution in [-0.2, 0) is 0 Å². The molecule has 1 atom stereocenters. The summed E-state index contributed by atoms with van der Waals surface area (Å²) in [4.78, 5) is 0. The molecule has 0 aliphatic rings. The Balaban J connectivity index is 2.45. The van der Waals surface area contributed by atoms with Crippen LogP contribution in [0.3, 0.4) is 0 Å². The number of unbranched alkanes of at least 4 members (excludes halogenated alkanes) is 1. The van der Waals surface area contributed by atoms with Gasteiger partial charge in [0.25, 0.3) is 0 Å². The molecule has 0 aromatic carbocycles. The van der Waals surface area contributed by atoms with Gasteiger partial charge in [0.2, 0.25) is 0 Å². The van der Waals surface area contributed by atoms with Crippen molar-refractivity contribution in [1.82, 2.24) is 4.57 Å². The third kappa shape index (κ3) is 2.40. The van der Waals surface area contributed by atoms with Gasteiger partial charge in [0.1, 0.15) is 0 Å². The fourth-order valence-corrected chi connectivity index (χ4v) is 1.60. The Morgan fingerprint density at radius 1 is 1.17 bits per heavy atom. The quantitative estimate of drug-likeness (QED) is 0.628. The fraction of sp³-hybridized carbons (Fsp3) is 0.636. The number of hydrogen-bond donors (Lipinski definition) is 0. The van der Waals surface area contributed by atoms with Crippen molar-refractivity contribution in [3.63, 3.8) is 0 Å². The molecule has 1 nitrogen and oxygen atoms in total. The van der Waals surface area contributed by atoms with Crippen LogP contribution in [0.25, 0.3) is 0 Å². The standard InChI is InChI=1S/C11H19N/c1-3-5-8-11(4-2)12-9-6-7-10-12/h6-7,9-11H,3-5,8H2,1-2H3. The van der Waals surface area contributed by atoms with Crippen molar-refractivity contribution in [3.05, 3.63) is 24.5 Å². The lowest BCUT2D eigenvalue weighted by molar-refractivity contribution is 0.438. The van der Waals surface area contributed by atoms with Crippen LogP contribution in [-0.4, -0.2) is 4.57 Å². The number of hydrogen-bond acceptors (Lipinski definition) is 0. The van der Waals surface area contributed by atoms with Crippen LogP contribution in [0.5, 0.6) is 0 Å². The minimum Gasteiger partial charge on any atom is -0.351 e. The van der Waals surface area contributed by atoms with Crippen LogP contribution in [0.2, 0.25) is 0 Å². The first kappa shape index (κ1) is 9.37. The van der Waals surface area contributed by atoms with Gasteiger partial charge in [0.15, 0.2) is 0 Å². The Hall–Kier alpha value is -0.720. The van der Waals surface area contributed by atoms with Gasteiger partial charge in [-0.1, -0.05) is 26.7 Å². The van der Waals surface area contributed by atoms with E-state index in [1.807, 2.05) is 0 Å². The normalized spacial score (nSPS) is 13.2. The van der Waals surface area contributed by atoms with E-state index in [0.29, 0.717) is 0 Å². The molecular formula is C11H19N. The van der Waals surface area contributed by atoms with Crippen molar-refractivity contribution in [1.29, 1.82) is 0 Å². The largest absolute Gasteiger partial charge is 0.351 e. The summed E-state index contributed by atoms with van der Waals surface area (Å²) in [6.07, 6.45) is 9.55. The van der Waals surface area contributed by atoms with E-state index >= 15 is 0 Å². The predicted octanol–water partition coefficient (Wildman–Crippen LogP) is 3.63. The Labute approximate surface area is 75.4 Å². The highest BCUT2D eigenvalue weighted by Gasteiger charge is 2.05. The number of rotatable bonds is 5. The molecule has 1 aromatic rings. The third-order valence-electron chi connectivity index (χ3n) is 2.41. The zero-order chi connectivity index (χ0) is 8.81. The molecule has 0 amide bonds. The minimum atomic E-state index is 0.722. The highest BCUT2D eigenvalue weighted by Crippen LogP contribution is 2.18. The molecule has 0 radical (unpaired) electrons. The van der Waals surface area contributed by atoms with Gasteiger partial charge in [-0.2, -0.15) is 0 Å². The van der Waals surface area contributed by atoms with Crippen LogP contribution in [0, 0.1) is 0 Å². The summed E-state index contributed by atoms with van der Waals surface area (Å²) < 4.78 is 2.33. The molecule has 0 spiro atoms. The topological polar surface area (TPSA) is 4.93 Å². The summed E-state index contributed by atoms with van der Waals surface area (Å²) in [6.45, 7) is 4.52. The number of aromatic nitrogens is 1. The van der Waals surface area contributed by atoms with E-state index in [9.17, 15) is 0 Å². The molecule has 0 bridgehead atoms. The molecule has 1 unspecified atom stereocenters. The maximum atomic E-state index is 2.33. The Morgan fingerprint density at radius 2 is 1.83 bits per heavy atom. The van der Waals surface area contributed by atoms with Crippen LogP contribution in [0.1, 0.15) is 45.6 Å². The van der Waals surface area contributed by atoms with Crippen LogP contribution >= 0.6 is 0 Å². The van der Waals surface area contributed by atoms with Gasteiger partial charge in [0, 0.05) is 18.4 Å². The van der Waals surface area contributed by atoms with E-state index in [4.69, 9.17) is 0 Å². The Kier molecular flexibility index (Phi) is 3.92. The van der Waals surface area contributed by atoms with E-state index in [1.165, 1.54) is 25.7 Å². The van der Waals surface area contributed by atoms with E-state index in [1.54, 1.807) is 0 Å². The maximum absolute atomic E-state index is 2.33. The van der Waals surface area contributed by atoms with E-state index < -0.39 is 0 Å². The van der Waals surface area contributed by atoms with Gasteiger partial charge >= 0.3 is 0 Å². The second kappa shape index (κ2) is 5.02. The van der Waals surface area contributed by atoms with Crippen LogP contribution < -0.4 is 0 Å². The van der Waals surface area contributed by atoms with E-state index in [2.05, 4.69) is 42.9 Å². The van der Waals surface area contributed by atoms with Crippen molar-refractivity contribution >= 4 is 0 Å². The zero-order valence-corrected chi connectivity index (χ0v) is 8.16. The minimum absolute atomic E-state index is 0.722. The molecule has 1 heteroatoms. The highest BCUT2D eigenvalue weighted by atomic mass is 15.0. The molecule has 1 heterocycles. The molecule has 1 rings (SSSR count). The summed E-state index contributed by atoms with van der Waals surface area (Å²) in [5, 5.41) is 0. The molecule has 0 aliphatic heterocycles. The van der Waals surface area contributed by atoms with Gasteiger partial charge in [-0.05, 0) is 25.0 Å². The molecule has 68 valence electrons. The first-order chi connectivity index (χ1) is 5.88.